The number of halogens is 6. The molecule has 4 saturated heterocycles. The van der Waals surface area contributed by atoms with E-state index in [9.17, 15) is 35.9 Å². The van der Waals surface area contributed by atoms with Gasteiger partial charge in [0.1, 0.15) is 0 Å². The van der Waals surface area contributed by atoms with Crippen LogP contribution in [0.2, 0.25) is 0 Å². The highest BCUT2D eigenvalue weighted by molar-refractivity contribution is 5.83. The van der Waals surface area contributed by atoms with E-state index >= 15 is 0 Å². The Kier molecular flexibility index (Phi) is 6.34. The van der Waals surface area contributed by atoms with E-state index in [4.69, 9.17) is 0 Å². The summed E-state index contributed by atoms with van der Waals surface area (Å²) in [7, 11) is 0. The molecule has 0 aromatic heterocycles. The molecule has 4 aliphatic heterocycles. The largest absolute Gasteiger partial charge is 0.471 e. The van der Waals surface area contributed by atoms with Gasteiger partial charge in [0.05, 0.1) is 12.1 Å². The average molecular weight is 480 g/mol. The van der Waals surface area contributed by atoms with Gasteiger partial charge in [-0.25, -0.2) is 0 Å². The molecule has 5 rings (SSSR count). The molecule has 0 aliphatic carbocycles. The number of alkyl halides is 6. The molecular formula is C21H26F6N4O2. The molecule has 4 heterocycles. The molecule has 33 heavy (non-hydrogen) atoms. The molecule has 4 aliphatic rings. The number of nitrogens with zero attached hydrogens (tertiary/aromatic N) is 3. The zero-order valence-corrected chi connectivity index (χ0v) is 17.6. The lowest BCUT2D eigenvalue weighted by molar-refractivity contribution is -0.189. The van der Waals surface area contributed by atoms with Crippen LogP contribution in [0.1, 0.15) is 19.8 Å². The molecule has 1 aromatic carbocycles. The van der Waals surface area contributed by atoms with E-state index < -0.39 is 24.2 Å². The molecule has 2 amide bonds. The van der Waals surface area contributed by atoms with Crippen LogP contribution in [0.4, 0.5) is 26.3 Å². The van der Waals surface area contributed by atoms with E-state index in [-0.39, 0.29) is 38.7 Å². The maximum absolute atomic E-state index is 12.5. The fourth-order valence-electron chi connectivity index (χ4n) is 5.01. The van der Waals surface area contributed by atoms with Crippen LogP contribution in [-0.2, 0) is 16.1 Å². The van der Waals surface area contributed by atoms with Crippen LogP contribution in [0, 0.1) is 0 Å². The molecule has 0 saturated carbocycles. The Hall–Kier alpha value is -2.34. The Bertz CT molecular complexity index is 884. The maximum atomic E-state index is 12.5. The molecule has 1 aromatic rings. The molecule has 0 bridgehead atoms. The summed E-state index contributed by atoms with van der Waals surface area (Å²) in [6.45, 7) is 2.18. The van der Waals surface area contributed by atoms with Gasteiger partial charge in [-0.05, 0) is 18.4 Å². The average Bonchev–Trinajstić information content (AvgIpc) is 3.20. The number of nitrogens with one attached hydrogen (secondary N) is 1. The van der Waals surface area contributed by atoms with Crippen molar-refractivity contribution in [3.8, 4) is 0 Å². The summed E-state index contributed by atoms with van der Waals surface area (Å²) in [5.41, 5.74) is 1.14. The highest BCUT2D eigenvalue weighted by atomic mass is 19.4. The van der Waals surface area contributed by atoms with Crippen LogP contribution in [0.15, 0.2) is 30.3 Å². The Morgan fingerprint density at radius 1 is 0.879 bits per heavy atom. The van der Waals surface area contributed by atoms with Crippen molar-refractivity contribution in [2.24, 2.45) is 0 Å². The molecule has 4 atom stereocenters. The van der Waals surface area contributed by atoms with Crippen molar-refractivity contribution in [2.45, 2.75) is 55.9 Å². The van der Waals surface area contributed by atoms with Crippen molar-refractivity contribution < 1.29 is 37.4 Å². The summed E-state index contributed by atoms with van der Waals surface area (Å²) in [5, 5.41) is 2.98. The second kappa shape index (κ2) is 8.79. The lowest BCUT2D eigenvalue weighted by atomic mass is 9.96. The van der Waals surface area contributed by atoms with Gasteiger partial charge in [-0.15, -0.1) is 0 Å². The van der Waals surface area contributed by atoms with E-state index in [0.717, 1.165) is 21.9 Å². The van der Waals surface area contributed by atoms with Crippen LogP contribution in [-0.4, -0.2) is 89.2 Å². The first-order valence-electron chi connectivity index (χ1n) is 10.7. The quantitative estimate of drug-likeness (QED) is 0.661. The SMILES string of the molecule is O=C(N1CC[C@@H]2[C@H]1CN2Cc1ccccc1)C(F)(F)F.O=C(N1CC[C@H]2NC[C@H]21)C(F)(F)F.[HH]. The third-order valence-electron chi connectivity index (χ3n) is 6.77. The van der Waals surface area contributed by atoms with Gasteiger partial charge in [0.25, 0.3) is 0 Å². The predicted molar refractivity (Wildman–Crippen MR) is 107 cm³/mol. The first-order chi connectivity index (χ1) is 15.5. The van der Waals surface area contributed by atoms with E-state index in [1.165, 1.54) is 0 Å². The van der Waals surface area contributed by atoms with Crippen molar-refractivity contribution in [2.75, 3.05) is 26.2 Å². The Morgan fingerprint density at radius 3 is 1.97 bits per heavy atom. The van der Waals surface area contributed by atoms with Crippen molar-refractivity contribution in [1.29, 1.82) is 0 Å². The zero-order chi connectivity index (χ0) is 24.0. The lowest BCUT2D eigenvalue weighted by Gasteiger charge is -2.46. The maximum Gasteiger partial charge on any atom is 0.471 e. The van der Waals surface area contributed by atoms with Gasteiger partial charge in [-0.2, -0.15) is 26.3 Å². The van der Waals surface area contributed by atoms with Crippen LogP contribution >= 0.6 is 0 Å². The minimum absolute atomic E-state index is 0. The third kappa shape index (κ3) is 4.81. The molecule has 0 spiro atoms. The minimum Gasteiger partial charge on any atom is -0.329 e. The Morgan fingerprint density at radius 2 is 1.45 bits per heavy atom. The minimum atomic E-state index is -4.76. The fraction of sp³-hybridized carbons (Fsp3) is 0.619. The van der Waals surface area contributed by atoms with Gasteiger partial charge in [-0.3, -0.25) is 14.5 Å². The van der Waals surface area contributed by atoms with E-state index in [1.807, 2.05) is 30.3 Å². The summed E-state index contributed by atoms with van der Waals surface area (Å²) in [5.74, 6) is -3.38. The number of rotatable bonds is 2. The summed E-state index contributed by atoms with van der Waals surface area (Å²) < 4.78 is 73.4. The highest BCUT2D eigenvalue weighted by Crippen LogP contribution is 2.36. The first-order valence-corrected chi connectivity index (χ1v) is 10.7. The smallest absolute Gasteiger partial charge is 0.329 e. The summed E-state index contributed by atoms with van der Waals surface area (Å²) in [4.78, 5) is 26.2. The van der Waals surface area contributed by atoms with Crippen LogP contribution in [0.3, 0.4) is 0 Å². The number of amides is 2. The molecule has 0 radical (unpaired) electrons. The van der Waals surface area contributed by atoms with E-state index in [0.29, 0.717) is 25.9 Å². The molecule has 12 heteroatoms. The van der Waals surface area contributed by atoms with Gasteiger partial charge in [0.2, 0.25) is 0 Å². The van der Waals surface area contributed by atoms with Crippen molar-refractivity contribution >= 4 is 11.8 Å². The number of carbonyl (C=O) groups is 2. The summed E-state index contributed by atoms with van der Waals surface area (Å²) >= 11 is 0. The van der Waals surface area contributed by atoms with Crippen LogP contribution < -0.4 is 5.32 Å². The number of likely N-dealkylation sites (tertiary alicyclic amines) is 3. The standard InChI is InChI=1S/C14H15F3N2O.C7H9F3N2O.H2/c15-14(16,17)13(20)19-7-6-11-12(19)9-18(11)8-10-4-2-1-3-5-10;8-7(9,10)6(13)12-2-1-4-5(12)3-11-4;/h1-5,11-12H,6-9H2;4-5,11H,1-3H2;1H/t11-,12-;4-,5-;/m11./s1. The molecule has 184 valence electrons. The highest BCUT2D eigenvalue weighted by Gasteiger charge is 2.54. The Labute approximate surface area is 188 Å². The third-order valence-corrected chi connectivity index (χ3v) is 6.77. The van der Waals surface area contributed by atoms with Gasteiger partial charge >= 0.3 is 24.2 Å². The van der Waals surface area contributed by atoms with Gasteiger partial charge < -0.3 is 15.1 Å². The number of fused-ring (bicyclic) bond motifs is 2. The van der Waals surface area contributed by atoms with Crippen molar-refractivity contribution in [3.05, 3.63) is 35.9 Å². The molecule has 4 fully saturated rings. The van der Waals surface area contributed by atoms with Gasteiger partial charge in [0, 0.05) is 46.2 Å². The number of carbonyl (C=O) groups excluding carboxylic acids is 2. The molecule has 0 unspecified atom stereocenters. The number of hydrogen-bond acceptors (Lipinski definition) is 4. The molecule has 1 N–H and O–H groups in total. The number of benzene rings is 1. The topological polar surface area (TPSA) is 55.9 Å². The molecular weight excluding hydrogens is 454 g/mol. The fourth-order valence-corrected chi connectivity index (χ4v) is 5.01. The van der Waals surface area contributed by atoms with Crippen LogP contribution in [0.25, 0.3) is 0 Å². The van der Waals surface area contributed by atoms with Gasteiger partial charge in [0.15, 0.2) is 0 Å². The second-order valence-corrected chi connectivity index (χ2v) is 8.70. The van der Waals surface area contributed by atoms with E-state index in [2.05, 4.69) is 10.2 Å². The first kappa shape index (κ1) is 23.8. The Balaban J connectivity index is 0.000000201. The molecule has 6 nitrogen and oxygen atoms in total. The van der Waals surface area contributed by atoms with Gasteiger partial charge in [-0.1, -0.05) is 30.3 Å². The zero-order valence-electron chi connectivity index (χ0n) is 17.6. The summed E-state index contributed by atoms with van der Waals surface area (Å²) in [6.07, 6.45) is -8.22. The summed E-state index contributed by atoms with van der Waals surface area (Å²) in [6, 6.07) is 9.49. The second-order valence-electron chi connectivity index (χ2n) is 8.70. The predicted octanol–water partition coefficient (Wildman–Crippen LogP) is 2.40. The lowest BCUT2D eigenvalue weighted by Crippen LogP contribution is -2.63. The van der Waals surface area contributed by atoms with Crippen LogP contribution in [0.5, 0.6) is 0 Å². The van der Waals surface area contributed by atoms with Crippen molar-refractivity contribution in [1.82, 2.24) is 20.0 Å². The van der Waals surface area contributed by atoms with E-state index in [1.54, 1.807) is 0 Å². The monoisotopic (exact) mass is 480 g/mol. The van der Waals surface area contributed by atoms with Crippen molar-refractivity contribution in [3.63, 3.8) is 0 Å². The number of hydrogen-bond donors (Lipinski definition) is 1. The normalized spacial score (nSPS) is 28.8.